The molecule has 4 rings (SSSR count). The van der Waals surface area contributed by atoms with Crippen LogP contribution in [0.1, 0.15) is 42.2 Å². The van der Waals surface area contributed by atoms with Gasteiger partial charge >= 0.3 is 5.97 Å². The second-order valence-corrected chi connectivity index (χ2v) is 7.81. The Hall–Kier alpha value is -4.26. The number of anilines is 1. The summed E-state index contributed by atoms with van der Waals surface area (Å²) in [7, 11) is 1.38. The maximum Gasteiger partial charge on any atom is 0.338 e. The number of amides is 3. The molecule has 1 heterocycles. The molecule has 0 unspecified atom stereocenters. The van der Waals surface area contributed by atoms with E-state index in [9.17, 15) is 19.2 Å². The number of rotatable bonds is 6. The summed E-state index contributed by atoms with van der Waals surface area (Å²) in [4.78, 5) is 52.4. The van der Waals surface area contributed by atoms with E-state index in [1.54, 1.807) is 4.90 Å². The normalized spacial score (nSPS) is 12.5. The molecular formula is C26H22N2O5. The third-order valence-electron chi connectivity index (χ3n) is 5.45. The molecule has 33 heavy (non-hydrogen) atoms. The number of ether oxygens (including phenoxy) is 1. The average molecular weight is 442 g/mol. The summed E-state index contributed by atoms with van der Waals surface area (Å²) in [5.74, 6) is -2.02. The molecule has 7 heteroatoms. The van der Waals surface area contributed by atoms with Gasteiger partial charge in [0, 0.05) is 12.7 Å². The van der Waals surface area contributed by atoms with Gasteiger partial charge in [-0.25, -0.2) is 4.79 Å². The lowest BCUT2D eigenvalue weighted by molar-refractivity contribution is -0.121. The number of hydrogen-bond acceptors (Lipinski definition) is 5. The van der Waals surface area contributed by atoms with Gasteiger partial charge in [-0.1, -0.05) is 42.5 Å². The molecule has 0 aromatic heterocycles. The summed E-state index contributed by atoms with van der Waals surface area (Å²) in [5, 5.41) is 0. The van der Waals surface area contributed by atoms with Crippen LogP contribution in [0.4, 0.5) is 5.69 Å². The molecule has 0 aliphatic carbocycles. The maximum absolute atomic E-state index is 13.1. The van der Waals surface area contributed by atoms with Crippen LogP contribution < -0.4 is 4.90 Å². The van der Waals surface area contributed by atoms with Gasteiger partial charge in [0.25, 0.3) is 17.7 Å². The first-order valence-electron chi connectivity index (χ1n) is 10.4. The number of carbonyl (C=O) groups is 4. The SMILES string of the molecule is Cc1cccc(N(Cc2ccccc2)C(=O)COC(=O)c2ccc3c(c2)C(=O)N(C)C3=O)c1. The number of carbonyl (C=O) groups excluding carboxylic acids is 4. The van der Waals surface area contributed by atoms with Crippen LogP contribution in [-0.4, -0.2) is 42.2 Å². The summed E-state index contributed by atoms with van der Waals surface area (Å²) in [6.45, 7) is 1.79. The van der Waals surface area contributed by atoms with Gasteiger partial charge in [-0.15, -0.1) is 0 Å². The van der Waals surface area contributed by atoms with Crippen LogP contribution >= 0.6 is 0 Å². The minimum atomic E-state index is -0.746. The van der Waals surface area contributed by atoms with E-state index in [0.29, 0.717) is 12.2 Å². The number of hydrogen-bond donors (Lipinski definition) is 0. The zero-order chi connectivity index (χ0) is 23.5. The van der Waals surface area contributed by atoms with Crippen molar-refractivity contribution in [3.63, 3.8) is 0 Å². The summed E-state index contributed by atoms with van der Waals surface area (Å²) in [5.41, 5.74) is 3.12. The quantitative estimate of drug-likeness (QED) is 0.430. The van der Waals surface area contributed by atoms with Crippen molar-refractivity contribution in [1.82, 2.24) is 4.90 Å². The van der Waals surface area contributed by atoms with Crippen molar-refractivity contribution in [3.8, 4) is 0 Å². The first kappa shape index (κ1) is 22.0. The fourth-order valence-electron chi connectivity index (χ4n) is 3.66. The van der Waals surface area contributed by atoms with E-state index < -0.39 is 24.4 Å². The highest BCUT2D eigenvalue weighted by Crippen LogP contribution is 2.23. The molecule has 1 aliphatic rings. The third-order valence-corrected chi connectivity index (χ3v) is 5.45. The van der Waals surface area contributed by atoms with Gasteiger partial charge in [0.15, 0.2) is 6.61 Å². The molecule has 0 spiro atoms. The largest absolute Gasteiger partial charge is 0.452 e. The molecule has 1 aliphatic heterocycles. The summed E-state index contributed by atoms with van der Waals surface area (Å²) < 4.78 is 5.27. The molecular weight excluding hydrogens is 420 g/mol. The summed E-state index contributed by atoms with van der Waals surface area (Å²) in [6, 6.07) is 21.2. The highest BCUT2D eigenvalue weighted by molar-refractivity contribution is 6.21. The molecule has 0 bridgehead atoms. The minimum absolute atomic E-state index is 0.100. The van der Waals surface area contributed by atoms with E-state index in [0.717, 1.165) is 16.0 Å². The smallest absolute Gasteiger partial charge is 0.338 e. The van der Waals surface area contributed by atoms with Gasteiger partial charge in [-0.3, -0.25) is 19.3 Å². The van der Waals surface area contributed by atoms with E-state index in [4.69, 9.17) is 4.74 Å². The fraction of sp³-hybridized carbons (Fsp3) is 0.154. The Morgan fingerprint density at radius 3 is 2.33 bits per heavy atom. The van der Waals surface area contributed by atoms with Gasteiger partial charge in [0.1, 0.15) is 0 Å². The van der Waals surface area contributed by atoms with Gasteiger partial charge in [-0.2, -0.15) is 0 Å². The minimum Gasteiger partial charge on any atom is -0.452 e. The van der Waals surface area contributed by atoms with Gasteiger partial charge in [0.2, 0.25) is 0 Å². The number of nitrogens with zero attached hydrogens (tertiary/aromatic N) is 2. The lowest BCUT2D eigenvalue weighted by atomic mass is 10.1. The lowest BCUT2D eigenvalue weighted by Crippen LogP contribution is -2.34. The fourth-order valence-corrected chi connectivity index (χ4v) is 3.66. The molecule has 3 amide bonds. The summed E-state index contributed by atoms with van der Waals surface area (Å²) in [6.07, 6.45) is 0. The van der Waals surface area contributed by atoms with Crippen molar-refractivity contribution in [3.05, 3.63) is 101 Å². The van der Waals surface area contributed by atoms with E-state index in [1.807, 2.05) is 61.5 Å². The van der Waals surface area contributed by atoms with Gasteiger partial charge in [0.05, 0.1) is 23.2 Å². The van der Waals surface area contributed by atoms with Crippen LogP contribution in [0.15, 0.2) is 72.8 Å². The van der Waals surface area contributed by atoms with Crippen molar-refractivity contribution < 1.29 is 23.9 Å². The molecule has 0 atom stereocenters. The molecule has 0 saturated carbocycles. The van der Waals surface area contributed by atoms with Crippen molar-refractivity contribution in [2.75, 3.05) is 18.6 Å². The lowest BCUT2D eigenvalue weighted by Gasteiger charge is -2.23. The number of benzene rings is 3. The monoisotopic (exact) mass is 442 g/mol. The van der Waals surface area contributed by atoms with E-state index in [-0.39, 0.29) is 22.6 Å². The van der Waals surface area contributed by atoms with Crippen molar-refractivity contribution in [2.45, 2.75) is 13.5 Å². The second-order valence-electron chi connectivity index (χ2n) is 7.81. The van der Waals surface area contributed by atoms with Gasteiger partial charge < -0.3 is 9.64 Å². The average Bonchev–Trinajstić information content (AvgIpc) is 3.05. The molecule has 3 aromatic rings. The van der Waals surface area contributed by atoms with Crippen LogP contribution in [0.25, 0.3) is 0 Å². The van der Waals surface area contributed by atoms with Crippen LogP contribution in [-0.2, 0) is 16.1 Å². The molecule has 7 nitrogen and oxygen atoms in total. The molecule has 3 aromatic carbocycles. The Balaban J connectivity index is 1.50. The number of imide groups is 1. The number of aryl methyl sites for hydroxylation is 1. The van der Waals surface area contributed by atoms with E-state index in [1.165, 1.54) is 25.2 Å². The van der Waals surface area contributed by atoms with E-state index >= 15 is 0 Å². The van der Waals surface area contributed by atoms with Crippen LogP contribution in [0, 0.1) is 6.92 Å². The van der Waals surface area contributed by atoms with Crippen LogP contribution in [0.2, 0.25) is 0 Å². The van der Waals surface area contributed by atoms with Crippen LogP contribution in [0.5, 0.6) is 0 Å². The Morgan fingerprint density at radius 2 is 1.61 bits per heavy atom. The van der Waals surface area contributed by atoms with Crippen molar-refractivity contribution in [1.29, 1.82) is 0 Å². The Labute approximate surface area is 191 Å². The maximum atomic E-state index is 13.1. The number of fused-ring (bicyclic) bond motifs is 1. The molecule has 166 valence electrons. The first-order chi connectivity index (χ1) is 15.8. The molecule has 0 N–H and O–H groups in total. The zero-order valence-corrected chi connectivity index (χ0v) is 18.3. The topological polar surface area (TPSA) is 84.0 Å². The number of esters is 1. The Bertz CT molecular complexity index is 1250. The van der Waals surface area contributed by atoms with E-state index in [2.05, 4.69) is 0 Å². The Morgan fingerprint density at radius 1 is 0.879 bits per heavy atom. The second kappa shape index (κ2) is 9.08. The zero-order valence-electron chi connectivity index (χ0n) is 18.3. The van der Waals surface area contributed by atoms with Crippen LogP contribution in [0.3, 0.4) is 0 Å². The third kappa shape index (κ3) is 4.52. The van der Waals surface area contributed by atoms with Crippen molar-refractivity contribution >= 4 is 29.4 Å². The standard InChI is InChI=1S/C26H22N2O5/c1-17-7-6-10-20(13-17)28(15-18-8-4-3-5-9-18)23(29)16-33-26(32)19-11-12-21-22(14-19)25(31)27(2)24(21)30/h3-14H,15-16H2,1-2H3. The molecule has 0 radical (unpaired) electrons. The highest BCUT2D eigenvalue weighted by atomic mass is 16.5. The first-order valence-corrected chi connectivity index (χ1v) is 10.4. The highest BCUT2D eigenvalue weighted by Gasteiger charge is 2.33. The molecule has 0 saturated heterocycles. The predicted octanol–water partition coefficient (Wildman–Crippen LogP) is 3.61. The predicted molar refractivity (Wildman–Crippen MR) is 122 cm³/mol. The van der Waals surface area contributed by atoms with Crippen molar-refractivity contribution in [2.24, 2.45) is 0 Å². The Kier molecular flexibility index (Phi) is 6.04. The summed E-state index contributed by atoms with van der Waals surface area (Å²) >= 11 is 0. The van der Waals surface area contributed by atoms with Gasteiger partial charge in [-0.05, 0) is 48.4 Å². The molecule has 0 fully saturated rings.